The summed E-state index contributed by atoms with van der Waals surface area (Å²) in [6.45, 7) is 0. The van der Waals surface area contributed by atoms with Gasteiger partial charge in [-0.05, 0) is 24.1 Å². The quantitative estimate of drug-likeness (QED) is 0.613. The van der Waals surface area contributed by atoms with E-state index >= 15 is 0 Å². The lowest BCUT2D eigenvalue weighted by atomic mass is 10.2. The molecule has 4 heteroatoms. The van der Waals surface area contributed by atoms with Gasteiger partial charge in [0.25, 0.3) is 0 Å². The number of benzene rings is 1. The Morgan fingerprint density at radius 2 is 1.86 bits per heavy atom. The lowest BCUT2D eigenvalue weighted by Gasteiger charge is -2.11. The third-order valence-electron chi connectivity index (χ3n) is 2.46. The Labute approximate surface area is 87.1 Å². The standard InChI is InChI=1S/C10H11N3S/c1-2-4-9-8(3-1)12-10(13-9)7-5-11-14-6-7/h1-5,10-13H,6H2. The molecule has 0 aliphatic carbocycles. The van der Waals surface area contributed by atoms with Crippen molar-refractivity contribution in [2.45, 2.75) is 6.17 Å². The summed E-state index contributed by atoms with van der Waals surface area (Å²) in [7, 11) is 0. The highest BCUT2D eigenvalue weighted by molar-refractivity contribution is 7.97. The molecule has 2 heterocycles. The molecular formula is C10H11N3S. The van der Waals surface area contributed by atoms with E-state index in [1.54, 1.807) is 11.9 Å². The largest absolute Gasteiger partial charge is 0.360 e. The Kier molecular flexibility index (Phi) is 1.80. The molecule has 0 radical (unpaired) electrons. The van der Waals surface area contributed by atoms with Crippen LogP contribution in [0.5, 0.6) is 0 Å². The first-order chi connectivity index (χ1) is 6.93. The second-order valence-corrected chi connectivity index (χ2v) is 4.21. The molecule has 3 nitrogen and oxygen atoms in total. The molecule has 2 aliphatic rings. The molecule has 1 aromatic rings. The normalized spacial score (nSPS) is 19.3. The van der Waals surface area contributed by atoms with Gasteiger partial charge in [0, 0.05) is 17.5 Å². The topological polar surface area (TPSA) is 36.1 Å². The smallest absolute Gasteiger partial charge is 0.122 e. The van der Waals surface area contributed by atoms with E-state index in [1.807, 2.05) is 12.1 Å². The van der Waals surface area contributed by atoms with E-state index in [9.17, 15) is 0 Å². The Morgan fingerprint density at radius 3 is 2.43 bits per heavy atom. The maximum atomic E-state index is 3.44. The fourth-order valence-electron chi connectivity index (χ4n) is 1.72. The van der Waals surface area contributed by atoms with Gasteiger partial charge in [0.2, 0.25) is 0 Å². The van der Waals surface area contributed by atoms with E-state index in [2.05, 4.69) is 33.7 Å². The number of rotatable bonds is 1. The van der Waals surface area contributed by atoms with Crippen molar-refractivity contribution in [2.75, 3.05) is 16.4 Å². The van der Waals surface area contributed by atoms with Gasteiger partial charge in [-0.15, -0.1) is 0 Å². The summed E-state index contributed by atoms with van der Waals surface area (Å²) >= 11 is 1.73. The molecule has 3 rings (SSSR count). The number of hydrogen-bond acceptors (Lipinski definition) is 4. The summed E-state index contributed by atoms with van der Waals surface area (Å²) in [4.78, 5) is 0. The second-order valence-electron chi connectivity index (χ2n) is 3.39. The van der Waals surface area contributed by atoms with Crippen LogP contribution >= 0.6 is 11.9 Å². The van der Waals surface area contributed by atoms with Crippen molar-refractivity contribution in [3.63, 3.8) is 0 Å². The first-order valence-electron chi connectivity index (χ1n) is 4.62. The van der Waals surface area contributed by atoms with E-state index in [0.29, 0.717) is 0 Å². The molecule has 0 amide bonds. The monoisotopic (exact) mass is 205 g/mol. The van der Waals surface area contributed by atoms with Gasteiger partial charge in [0.15, 0.2) is 0 Å². The summed E-state index contributed by atoms with van der Waals surface area (Å²) in [5, 5.41) is 6.89. The van der Waals surface area contributed by atoms with Gasteiger partial charge in [0.1, 0.15) is 6.17 Å². The molecule has 2 aliphatic heterocycles. The van der Waals surface area contributed by atoms with Crippen LogP contribution in [-0.2, 0) is 0 Å². The molecule has 3 N–H and O–H groups in total. The maximum Gasteiger partial charge on any atom is 0.122 e. The van der Waals surface area contributed by atoms with Crippen LogP contribution in [0.2, 0.25) is 0 Å². The third-order valence-corrected chi connectivity index (χ3v) is 3.23. The van der Waals surface area contributed by atoms with Crippen LogP contribution in [0, 0.1) is 0 Å². The van der Waals surface area contributed by atoms with Crippen LogP contribution in [0.25, 0.3) is 0 Å². The zero-order valence-corrected chi connectivity index (χ0v) is 8.40. The molecule has 0 saturated carbocycles. The van der Waals surface area contributed by atoms with Crippen LogP contribution in [0.15, 0.2) is 36.0 Å². The zero-order valence-electron chi connectivity index (χ0n) is 7.58. The first-order valence-corrected chi connectivity index (χ1v) is 5.60. The minimum atomic E-state index is 0.259. The summed E-state index contributed by atoms with van der Waals surface area (Å²) in [6.07, 6.45) is 2.33. The van der Waals surface area contributed by atoms with Gasteiger partial charge in [0.05, 0.1) is 11.4 Å². The summed E-state index contributed by atoms with van der Waals surface area (Å²) in [5.41, 5.74) is 3.75. The van der Waals surface area contributed by atoms with Crippen molar-refractivity contribution in [1.29, 1.82) is 0 Å². The Bertz CT molecular complexity index is 364. The van der Waals surface area contributed by atoms with Gasteiger partial charge < -0.3 is 15.4 Å². The number of para-hydroxylation sites is 2. The minimum Gasteiger partial charge on any atom is -0.360 e. The van der Waals surface area contributed by atoms with E-state index in [1.165, 1.54) is 16.9 Å². The number of fused-ring (bicyclic) bond motifs is 1. The van der Waals surface area contributed by atoms with E-state index in [4.69, 9.17) is 0 Å². The Morgan fingerprint density at radius 1 is 1.14 bits per heavy atom. The molecule has 72 valence electrons. The lowest BCUT2D eigenvalue weighted by Crippen LogP contribution is -2.24. The van der Waals surface area contributed by atoms with Crippen molar-refractivity contribution >= 4 is 23.3 Å². The molecule has 0 aromatic heterocycles. The van der Waals surface area contributed by atoms with Crippen LogP contribution < -0.4 is 15.4 Å². The second kappa shape index (κ2) is 3.13. The van der Waals surface area contributed by atoms with Crippen molar-refractivity contribution in [1.82, 2.24) is 4.72 Å². The summed E-state index contributed by atoms with van der Waals surface area (Å²) in [5.74, 6) is 1.04. The van der Waals surface area contributed by atoms with Crippen LogP contribution in [-0.4, -0.2) is 11.9 Å². The van der Waals surface area contributed by atoms with Crippen LogP contribution in [0.4, 0.5) is 11.4 Å². The van der Waals surface area contributed by atoms with Gasteiger partial charge >= 0.3 is 0 Å². The molecule has 0 spiro atoms. The fraction of sp³-hybridized carbons (Fsp3) is 0.200. The molecule has 0 atom stereocenters. The van der Waals surface area contributed by atoms with Crippen molar-refractivity contribution in [3.8, 4) is 0 Å². The van der Waals surface area contributed by atoms with Crippen molar-refractivity contribution in [3.05, 3.63) is 36.0 Å². The summed E-state index contributed by atoms with van der Waals surface area (Å²) < 4.78 is 3.15. The van der Waals surface area contributed by atoms with Gasteiger partial charge in [-0.2, -0.15) is 0 Å². The third kappa shape index (κ3) is 1.23. The molecule has 0 saturated heterocycles. The average Bonchev–Trinajstić information content (AvgIpc) is 2.86. The molecule has 0 unspecified atom stereocenters. The maximum absolute atomic E-state index is 3.44. The Balaban J connectivity index is 1.84. The van der Waals surface area contributed by atoms with E-state index in [0.717, 1.165) is 5.75 Å². The fourth-order valence-corrected chi connectivity index (χ4v) is 2.45. The van der Waals surface area contributed by atoms with Crippen molar-refractivity contribution < 1.29 is 0 Å². The van der Waals surface area contributed by atoms with E-state index < -0.39 is 0 Å². The lowest BCUT2D eigenvalue weighted by molar-refractivity contribution is 0.982. The molecule has 1 aromatic carbocycles. The predicted octanol–water partition coefficient (Wildman–Crippen LogP) is 1.99. The van der Waals surface area contributed by atoms with Crippen molar-refractivity contribution in [2.24, 2.45) is 0 Å². The van der Waals surface area contributed by atoms with Gasteiger partial charge in [-0.3, -0.25) is 0 Å². The van der Waals surface area contributed by atoms with Gasteiger partial charge in [-0.1, -0.05) is 12.1 Å². The minimum absolute atomic E-state index is 0.259. The highest BCUT2D eigenvalue weighted by atomic mass is 32.2. The highest BCUT2D eigenvalue weighted by Crippen LogP contribution is 2.31. The average molecular weight is 205 g/mol. The molecule has 14 heavy (non-hydrogen) atoms. The predicted molar refractivity (Wildman–Crippen MR) is 61.2 cm³/mol. The van der Waals surface area contributed by atoms with Crippen LogP contribution in [0.3, 0.4) is 0 Å². The van der Waals surface area contributed by atoms with Gasteiger partial charge in [-0.25, -0.2) is 0 Å². The number of hydrogen-bond donors (Lipinski definition) is 3. The molecule has 0 fully saturated rings. The molecule has 0 bridgehead atoms. The first kappa shape index (κ1) is 8.05. The number of anilines is 2. The van der Waals surface area contributed by atoms with Crippen LogP contribution in [0.1, 0.15) is 0 Å². The zero-order chi connectivity index (χ0) is 9.38. The summed E-state index contributed by atoms with van der Waals surface area (Å²) in [6, 6.07) is 8.29. The SMILES string of the molecule is C1=C(C2Nc3ccccc3N2)CSN1. The Hall–Kier alpha value is -1.29. The van der Waals surface area contributed by atoms with E-state index in [-0.39, 0.29) is 6.17 Å². The number of nitrogens with one attached hydrogen (secondary N) is 3. The molecular weight excluding hydrogens is 194 g/mol. The highest BCUT2D eigenvalue weighted by Gasteiger charge is 2.23.